The molecule has 0 spiro atoms. The summed E-state index contributed by atoms with van der Waals surface area (Å²) in [7, 11) is 0. The number of hydrogen-bond acceptors (Lipinski definition) is 5. The highest BCUT2D eigenvalue weighted by Crippen LogP contribution is 2.33. The number of carbonyl (C=O) groups is 3. The van der Waals surface area contributed by atoms with E-state index < -0.39 is 29.6 Å². The highest BCUT2D eigenvalue weighted by atomic mass is 35.5. The van der Waals surface area contributed by atoms with Crippen molar-refractivity contribution in [3.63, 3.8) is 0 Å². The molecular weight excluding hydrogens is 425 g/mol. The van der Waals surface area contributed by atoms with Crippen molar-refractivity contribution in [2.24, 2.45) is 5.92 Å². The van der Waals surface area contributed by atoms with Gasteiger partial charge in [0.1, 0.15) is 11.6 Å². The number of alkyl halides is 1. The molecule has 1 aliphatic heterocycles. The van der Waals surface area contributed by atoms with E-state index in [-0.39, 0.29) is 36.7 Å². The van der Waals surface area contributed by atoms with Gasteiger partial charge in [0.05, 0.1) is 18.2 Å². The Morgan fingerprint density at radius 3 is 2.58 bits per heavy atom. The molecule has 1 aliphatic rings. The van der Waals surface area contributed by atoms with Gasteiger partial charge in [0.2, 0.25) is 11.7 Å². The number of nitrogens with zero attached hydrogens (tertiary/aromatic N) is 1. The number of halogens is 2. The molecule has 1 saturated heterocycles. The first-order valence-corrected chi connectivity index (χ1v) is 10.6. The third kappa shape index (κ3) is 5.41. The van der Waals surface area contributed by atoms with Crippen molar-refractivity contribution < 1.29 is 28.2 Å². The first-order chi connectivity index (χ1) is 14.9. The molecule has 8 heteroatoms. The second-order valence-electron chi connectivity index (χ2n) is 7.08. The van der Waals surface area contributed by atoms with Crippen molar-refractivity contribution in [2.75, 3.05) is 23.9 Å². The Morgan fingerprint density at radius 2 is 1.90 bits per heavy atom. The van der Waals surface area contributed by atoms with Gasteiger partial charge in [-0.05, 0) is 43.3 Å². The van der Waals surface area contributed by atoms with Crippen LogP contribution in [0.3, 0.4) is 0 Å². The lowest BCUT2D eigenvalue weighted by Crippen LogP contribution is -2.32. The van der Waals surface area contributed by atoms with E-state index in [0.717, 1.165) is 12.1 Å². The van der Waals surface area contributed by atoms with E-state index >= 15 is 0 Å². The Kier molecular flexibility index (Phi) is 7.63. The second-order valence-corrected chi connectivity index (χ2v) is 7.46. The van der Waals surface area contributed by atoms with E-state index in [1.165, 1.54) is 17.0 Å². The van der Waals surface area contributed by atoms with Gasteiger partial charge in [0.25, 0.3) is 0 Å². The molecule has 0 saturated carbocycles. The number of ether oxygens (including phenoxy) is 2. The molecule has 0 radical (unpaired) electrons. The summed E-state index contributed by atoms with van der Waals surface area (Å²) in [4.78, 5) is 39.6. The van der Waals surface area contributed by atoms with Crippen molar-refractivity contribution in [1.82, 2.24) is 0 Å². The standard InChI is InChI=1S/C23H23ClFNO5/c1-2-30-19-6-4-3-5-18(19)26-14-16(13-21(26)27)23(29)31-20(11-12-24)22(28)15-7-9-17(25)10-8-15/h3-10,16,20H,2,11-14H2,1H3/t16-,20-/m0/s1. The normalized spacial score (nSPS) is 16.8. The van der Waals surface area contributed by atoms with Gasteiger partial charge in [0.15, 0.2) is 6.10 Å². The zero-order valence-corrected chi connectivity index (χ0v) is 17.8. The minimum atomic E-state index is -1.10. The molecule has 6 nitrogen and oxygen atoms in total. The van der Waals surface area contributed by atoms with Crippen molar-refractivity contribution in [3.05, 3.63) is 59.9 Å². The van der Waals surface area contributed by atoms with Crippen LogP contribution in [-0.4, -0.2) is 42.8 Å². The zero-order chi connectivity index (χ0) is 22.4. The second kappa shape index (κ2) is 10.4. The zero-order valence-electron chi connectivity index (χ0n) is 17.1. The highest BCUT2D eigenvalue weighted by molar-refractivity contribution is 6.18. The lowest BCUT2D eigenvalue weighted by Gasteiger charge is -2.21. The molecule has 1 amide bonds. The van der Waals surface area contributed by atoms with E-state index in [2.05, 4.69) is 0 Å². The Morgan fingerprint density at radius 1 is 1.19 bits per heavy atom. The first-order valence-electron chi connectivity index (χ1n) is 10.0. The Labute approximate surface area is 184 Å². The lowest BCUT2D eigenvalue weighted by atomic mass is 10.0. The van der Waals surface area contributed by atoms with Gasteiger partial charge in [-0.25, -0.2) is 4.39 Å². The topological polar surface area (TPSA) is 72.9 Å². The monoisotopic (exact) mass is 447 g/mol. The van der Waals surface area contributed by atoms with E-state index in [0.29, 0.717) is 18.0 Å². The lowest BCUT2D eigenvalue weighted by molar-refractivity contribution is -0.151. The summed E-state index contributed by atoms with van der Waals surface area (Å²) in [6.45, 7) is 2.41. The van der Waals surface area contributed by atoms with E-state index in [1.807, 2.05) is 6.92 Å². The molecule has 2 atom stereocenters. The smallest absolute Gasteiger partial charge is 0.312 e. The molecule has 0 aliphatic carbocycles. The molecule has 0 N–H and O–H groups in total. The third-order valence-electron chi connectivity index (χ3n) is 4.97. The predicted molar refractivity (Wildman–Crippen MR) is 114 cm³/mol. The number of para-hydroxylation sites is 2. The summed E-state index contributed by atoms with van der Waals surface area (Å²) in [6, 6.07) is 12.1. The molecule has 31 heavy (non-hydrogen) atoms. The van der Waals surface area contributed by atoms with E-state index in [4.69, 9.17) is 21.1 Å². The molecule has 1 heterocycles. The van der Waals surface area contributed by atoms with E-state index in [9.17, 15) is 18.8 Å². The largest absolute Gasteiger partial charge is 0.492 e. The molecule has 0 unspecified atom stereocenters. The van der Waals surface area contributed by atoms with Gasteiger partial charge in [-0.1, -0.05) is 12.1 Å². The average molecular weight is 448 g/mol. The molecular formula is C23H23ClFNO5. The fourth-order valence-corrected chi connectivity index (χ4v) is 3.63. The van der Waals surface area contributed by atoms with Crippen LogP contribution in [0.1, 0.15) is 30.1 Å². The fourth-order valence-electron chi connectivity index (χ4n) is 3.44. The van der Waals surface area contributed by atoms with Crippen LogP contribution in [0.4, 0.5) is 10.1 Å². The summed E-state index contributed by atoms with van der Waals surface area (Å²) in [5.74, 6) is -1.87. The van der Waals surface area contributed by atoms with Crippen molar-refractivity contribution in [3.8, 4) is 5.75 Å². The van der Waals surface area contributed by atoms with Gasteiger partial charge >= 0.3 is 5.97 Å². The SMILES string of the molecule is CCOc1ccccc1N1C[C@@H](C(=O)O[C@@H](CCCl)C(=O)c2ccc(F)cc2)CC1=O. The number of hydrogen-bond donors (Lipinski definition) is 0. The number of ketones is 1. The highest BCUT2D eigenvalue weighted by Gasteiger charge is 2.38. The summed E-state index contributed by atoms with van der Waals surface area (Å²) in [5, 5.41) is 0. The maximum Gasteiger partial charge on any atom is 0.312 e. The van der Waals surface area contributed by atoms with Gasteiger partial charge in [-0.3, -0.25) is 14.4 Å². The number of anilines is 1. The quantitative estimate of drug-likeness (QED) is 0.330. The molecule has 2 aromatic carbocycles. The summed E-state index contributed by atoms with van der Waals surface area (Å²) >= 11 is 5.79. The van der Waals surface area contributed by atoms with Gasteiger partial charge in [-0.2, -0.15) is 0 Å². The van der Waals surface area contributed by atoms with Crippen LogP contribution >= 0.6 is 11.6 Å². The van der Waals surface area contributed by atoms with E-state index in [1.54, 1.807) is 24.3 Å². The van der Waals surface area contributed by atoms with Crippen LogP contribution in [0.5, 0.6) is 5.75 Å². The van der Waals surface area contributed by atoms with Crippen LogP contribution in [0.15, 0.2) is 48.5 Å². The predicted octanol–water partition coefficient (Wildman–Crippen LogP) is 4.00. The fraction of sp³-hybridized carbons (Fsp3) is 0.348. The minimum absolute atomic E-state index is 0.0301. The van der Waals surface area contributed by atoms with Crippen molar-refractivity contribution >= 4 is 34.9 Å². The Bertz CT molecular complexity index is 949. The van der Waals surface area contributed by atoms with Crippen LogP contribution in [0.2, 0.25) is 0 Å². The Hall–Kier alpha value is -2.93. The maximum atomic E-state index is 13.1. The summed E-state index contributed by atoms with van der Waals surface area (Å²) in [5.41, 5.74) is 0.809. The molecule has 3 rings (SSSR count). The Balaban J connectivity index is 1.71. The number of amides is 1. The van der Waals surface area contributed by atoms with Crippen LogP contribution < -0.4 is 9.64 Å². The number of rotatable bonds is 9. The third-order valence-corrected chi connectivity index (χ3v) is 5.18. The maximum absolute atomic E-state index is 13.1. The van der Waals surface area contributed by atoms with Crippen LogP contribution in [0.25, 0.3) is 0 Å². The number of Topliss-reactive ketones (excluding diaryl/α,β-unsaturated/α-hetero) is 1. The first kappa shape index (κ1) is 22.7. The number of esters is 1. The molecule has 164 valence electrons. The van der Waals surface area contributed by atoms with Crippen molar-refractivity contribution in [1.29, 1.82) is 0 Å². The summed E-state index contributed by atoms with van der Waals surface area (Å²) < 4.78 is 24.2. The molecule has 0 aromatic heterocycles. The molecule has 0 bridgehead atoms. The van der Waals surface area contributed by atoms with Crippen LogP contribution in [-0.2, 0) is 14.3 Å². The van der Waals surface area contributed by atoms with Gasteiger partial charge in [-0.15, -0.1) is 11.6 Å². The van der Waals surface area contributed by atoms with Gasteiger partial charge in [0, 0.05) is 30.8 Å². The molecule has 1 fully saturated rings. The van der Waals surface area contributed by atoms with Crippen LogP contribution in [0, 0.1) is 11.7 Å². The van der Waals surface area contributed by atoms with Crippen molar-refractivity contribution in [2.45, 2.75) is 25.9 Å². The number of carbonyl (C=O) groups excluding carboxylic acids is 3. The minimum Gasteiger partial charge on any atom is -0.492 e. The number of benzene rings is 2. The summed E-state index contributed by atoms with van der Waals surface area (Å²) in [6.07, 6.45) is -1.02. The average Bonchev–Trinajstić information content (AvgIpc) is 3.15. The molecule has 2 aromatic rings. The van der Waals surface area contributed by atoms with Gasteiger partial charge < -0.3 is 14.4 Å².